The van der Waals surface area contributed by atoms with Crippen molar-refractivity contribution in [1.82, 2.24) is 0 Å². The molecule has 20 atom stereocenters. The lowest BCUT2D eigenvalue weighted by molar-refractivity contribution is 0.118. The second-order valence-corrected chi connectivity index (χ2v) is 18.3. The topological polar surface area (TPSA) is 0 Å². The van der Waals surface area contributed by atoms with E-state index in [0.29, 0.717) is 0 Å². The van der Waals surface area contributed by atoms with Crippen LogP contribution in [0, 0.1) is 118 Å². The molecule has 9 rings (SSSR count). The van der Waals surface area contributed by atoms with Crippen LogP contribution in [0.2, 0.25) is 0 Å². The molecule has 0 aromatic heterocycles. The van der Waals surface area contributed by atoms with Crippen LogP contribution in [0.5, 0.6) is 0 Å². The summed E-state index contributed by atoms with van der Waals surface area (Å²) in [6.07, 6.45) is 52.5. The Morgan fingerprint density at radius 1 is 0.438 bits per heavy atom. The molecule has 0 aliphatic heterocycles. The first-order valence-electron chi connectivity index (χ1n) is 20.8. The first kappa shape index (κ1) is 31.9. The maximum Gasteiger partial charge on any atom is -0.0133 e. The molecule has 20 unspecified atom stereocenters. The molecule has 48 heavy (non-hydrogen) atoms. The zero-order chi connectivity index (χ0) is 32.5. The van der Waals surface area contributed by atoms with Crippen molar-refractivity contribution >= 4 is 0 Å². The van der Waals surface area contributed by atoms with Gasteiger partial charge in [-0.25, -0.2) is 0 Å². The highest BCUT2D eigenvalue weighted by Gasteiger charge is 2.64. The molecular formula is C48H64. The van der Waals surface area contributed by atoms with Crippen molar-refractivity contribution in [2.45, 2.75) is 79.1 Å². The van der Waals surface area contributed by atoms with E-state index in [0.717, 1.165) is 118 Å². The van der Waals surface area contributed by atoms with Crippen LogP contribution in [-0.4, -0.2) is 0 Å². The van der Waals surface area contributed by atoms with E-state index < -0.39 is 0 Å². The van der Waals surface area contributed by atoms with Crippen LogP contribution in [-0.2, 0) is 0 Å². The van der Waals surface area contributed by atoms with Gasteiger partial charge in [0.05, 0.1) is 0 Å². The first-order chi connectivity index (χ1) is 23.6. The SMILES string of the molecule is C/C=C/CC1C(/C=C/C)C2CC1C1C(/C=C/C3CC(/C=C/C)C4C5CC(C6CC=CC65)C34)CC(/C=C/C3CC(/C=C/C)C4CC=CC34)C21. The van der Waals surface area contributed by atoms with Crippen molar-refractivity contribution in [1.29, 1.82) is 0 Å². The summed E-state index contributed by atoms with van der Waals surface area (Å²) >= 11 is 0. The highest BCUT2D eigenvalue weighted by Crippen LogP contribution is 2.70. The summed E-state index contributed by atoms with van der Waals surface area (Å²) in [6, 6.07) is 0. The normalized spacial score (nSPS) is 54.3. The first-order valence-corrected chi connectivity index (χ1v) is 20.8. The smallest absolute Gasteiger partial charge is 0.0133 e. The largest absolute Gasteiger partial charge is 0.0917 e. The predicted octanol–water partition coefficient (Wildman–Crippen LogP) is 12.1. The number of rotatable bonds is 9. The third kappa shape index (κ3) is 4.87. The Morgan fingerprint density at radius 3 is 1.69 bits per heavy atom. The molecule has 4 bridgehead atoms. The summed E-state index contributed by atoms with van der Waals surface area (Å²) in [5.41, 5.74) is 0. The molecule has 0 heteroatoms. The van der Waals surface area contributed by atoms with Crippen LogP contribution in [0.1, 0.15) is 79.1 Å². The number of hydrogen-bond donors (Lipinski definition) is 0. The van der Waals surface area contributed by atoms with Crippen LogP contribution in [0.25, 0.3) is 0 Å². The quantitative estimate of drug-likeness (QED) is 0.220. The molecule has 0 heterocycles. The Labute approximate surface area is 293 Å². The fraction of sp³-hybridized carbons (Fsp3) is 0.667. The fourth-order valence-electron chi connectivity index (χ4n) is 15.7. The zero-order valence-corrected chi connectivity index (χ0v) is 30.4. The van der Waals surface area contributed by atoms with E-state index in [2.05, 4.69) is 125 Å². The summed E-state index contributed by atoms with van der Waals surface area (Å²) in [6.45, 7) is 8.99. The van der Waals surface area contributed by atoms with Gasteiger partial charge in [-0.15, -0.1) is 0 Å². The molecular weight excluding hydrogens is 577 g/mol. The second-order valence-electron chi connectivity index (χ2n) is 18.3. The minimum absolute atomic E-state index is 0.737. The highest BCUT2D eigenvalue weighted by atomic mass is 14.7. The Kier molecular flexibility index (Phi) is 8.57. The Hall–Kier alpha value is -2.08. The molecule has 0 aromatic carbocycles. The van der Waals surface area contributed by atoms with Crippen molar-refractivity contribution in [2.24, 2.45) is 118 Å². The summed E-state index contributed by atoms with van der Waals surface area (Å²) in [7, 11) is 0. The fourth-order valence-corrected chi connectivity index (χ4v) is 15.7. The van der Waals surface area contributed by atoms with Crippen molar-refractivity contribution in [3.63, 3.8) is 0 Å². The van der Waals surface area contributed by atoms with E-state index in [1.807, 2.05) is 0 Å². The predicted molar refractivity (Wildman–Crippen MR) is 203 cm³/mol. The Balaban J connectivity index is 0.999. The van der Waals surface area contributed by atoms with Crippen LogP contribution in [0.4, 0.5) is 0 Å². The van der Waals surface area contributed by atoms with Crippen molar-refractivity contribution < 1.29 is 0 Å². The minimum Gasteiger partial charge on any atom is -0.0917 e. The maximum atomic E-state index is 2.88. The van der Waals surface area contributed by atoms with E-state index in [4.69, 9.17) is 0 Å². The van der Waals surface area contributed by atoms with Gasteiger partial charge in [0.25, 0.3) is 0 Å². The standard InChI is InChI=1S/C48H64/c1-5-9-15-38-37(14-8-4)41-27-42(38)48-34(26-32(46(41)48)21-20-30-24-29(12-6-2)35-16-10-17-36(30)35)23-22-33-25-31(13-7-3)45-43-28-44(47(33)45)40-19-11-18-39(40)43/h5-14,17-18,20-23,29-48H,15-16,19,24-28H2,1-4H3/b9-5+,12-6+,13-7+,14-8+,21-20+,23-22+. The molecule has 7 fully saturated rings. The number of allylic oxidation sites excluding steroid dienone is 16. The van der Waals surface area contributed by atoms with Gasteiger partial charge in [0.1, 0.15) is 0 Å². The van der Waals surface area contributed by atoms with Gasteiger partial charge in [-0.1, -0.05) is 97.2 Å². The number of fused-ring (bicyclic) bond motifs is 14. The molecule has 0 N–H and O–H groups in total. The maximum absolute atomic E-state index is 2.88. The molecule has 7 saturated carbocycles. The molecule has 0 nitrogen and oxygen atoms in total. The molecule has 9 aliphatic rings. The molecule has 0 spiro atoms. The average molecular weight is 641 g/mol. The zero-order valence-electron chi connectivity index (χ0n) is 30.4. The molecule has 256 valence electrons. The Morgan fingerprint density at radius 2 is 0.979 bits per heavy atom. The number of hydrogen-bond acceptors (Lipinski definition) is 0. The lowest BCUT2D eigenvalue weighted by Gasteiger charge is -2.40. The lowest BCUT2D eigenvalue weighted by atomic mass is 9.65. The van der Waals surface area contributed by atoms with E-state index in [1.54, 1.807) is 0 Å². The van der Waals surface area contributed by atoms with Gasteiger partial charge in [0, 0.05) is 0 Å². The van der Waals surface area contributed by atoms with E-state index in [9.17, 15) is 0 Å². The van der Waals surface area contributed by atoms with Gasteiger partial charge >= 0.3 is 0 Å². The van der Waals surface area contributed by atoms with E-state index in [1.165, 1.54) is 51.4 Å². The van der Waals surface area contributed by atoms with Crippen molar-refractivity contribution in [3.05, 3.63) is 97.2 Å². The minimum atomic E-state index is 0.737. The Bertz CT molecular complexity index is 1430. The van der Waals surface area contributed by atoms with Gasteiger partial charge in [-0.3, -0.25) is 0 Å². The molecule has 0 saturated heterocycles. The van der Waals surface area contributed by atoms with E-state index in [-0.39, 0.29) is 0 Å². The van der Waals surface area contributed by atoms with Crippen molar-refractivity contribution in [2.75, 3.05) is 0 Å². The van der Waals surface area contributed by atoms with E-state index >= 15 is 0 Å². The third-order valence-electron chi connectivity index (χ3n) is 16.9. The van der Waals surface area contributed by atoms with Gasteiger partial charge in [0.2, 0.25) is 0 Å². The van der Waals surface area contributed by atoms with Crippen molar-refractivity contribution in [3.8, 4) is 0 Å². The summed E-state index contributed by atoms with van der Waals surface area (Å²) < 4.78 is 0. The molecule has 0 aromatic rings. The molecule has 9 aliphatic carbocycles. The molecule has 0 amide bonds. The van der Waals surface area contributed by atoms with Crippen LogP contribution in [0.3, 0.4) is 0 Å². The summed E-state index contributed by atoms with van der Waals surface area (Å²) in [5.74, 6) is 17.2. The van der Waals surface area contributed by atoms with Crippen LogP contribution in [0.15, 0.2) is 97.2 Å². The highest BCUT2D eigenvalue weighted by molar-refractivity contribution is 5.25. The monoisotopic (exact) mass is 641 g/mol. The summed E-state index contributed by atoms with van der Waals surface area (Å²) in [4.78, 5) is 0. The summed E-state index contributed by atoms with van der Waals surface area (Å²) in [5, 5.41) is 0. The third-order valence-corrected chi connectivity index (χ3v) is 16.9. The second kappa shape index (κ2) is 12.9. The van der Waals surface area contributed by atoms with Gasteiger partial charge in [-0.2, -0.15) is 0 Å². The van der Waals surface area contributed by atoms with Gasteiger partial charge < -0.3 is 0 Å². The average Bonchev–Trinajstić information content (AvgIpc) is 3.91. The van der Waals surface area contributed by atoms with Crippen LogP contribution < -0.4 is 0 Å². The lowest BCUT2D eigenvalue weighted by Crippen LogP contribution is -2.35. The van der Waals surface area contributed by atoms with Crippen LogP contribution >= 0.6 is 0 Å². The molecule has 0 radical (unpaired) electrons. The van der Waals surface area contributed by atoms with Gasteiger partial charge in [-0.05, 0) is 197 Å². The van der Waals surface area contributed by atoms with Gasteiger partial charge in [0.15, 0.2) is 0 Å².